The lowest BCUT2D eigenvalue weighted by molar-refractivity contribution is -0.133. The van der Waals surface area contributed by atoms with Gasteiger partial charge in [-0.05, 0) is 43.7 Å². The Balaban J connectivity index is 1.69. The van der Waals surface area contributed by atoms with Crippen LogP contribution < -0.4 is 4.74 Å². The average Bonchev–Trinajstić information content (AvgIpc) is 3.15. The van der Waals surface area contributed by atoms with Gasteiger partial charge in [-0.3, -0.25) is 4.79 Å². The number of nitrogens with zero attached hydrogens (tertiary/aromatic N) is 3. The highest BCUT2D eigenvalue weighted by Crippen LogP contribution is 2.20. The number of hydrogen-bond donors (Lipinski definition) is 0. The van der Waals surface area contributed by atoms with E-state index in [1.807, 2.05) is 73.3 Å². The molecule has 0 aliphatic carbocycles. The Morgan fingerprint density at radius 3 is 2.44 bits per heavy atom. The standard InChI is InChI=1S/C21H23N3O3/c1-15(2)24(14-16-7-5-4-6-8-16)20(25)13-19-22-21(23-27-19)17-9-11-18(26-3)12-10-17/h4-12,15H,13-14H2,1-3H3. The van der Waals surface area contributed by atoms with Crippen LogP contribution in [0.3, 0.4) is 0 Å². The van der Waals surface area contributed by atoms with Crippen LogP contribution in [-0.4, -0.2) is 34.1 Å². The topological polar surface area (TPSA) is 68.5 Å². The Hall–Kier alpha value is -3.15. The first-order valence-corrected chi connectivity index (χ1v) is 8.87. The summed E-state index contributed by atoms with van der Waals surface area (Å²) in [5, 5.41) is 3.99. The highest BCUT2D eigenvalue weighted by Gasteiger charge is 2.21. The Bertz CT molecular complexity index is 873. The molecule has 2 aromatic carbocycles. The quantitative estimate of drug-likeness (QED) is 0.638. The number of rotatable bonds is 7. The fourth-order valence-corrected chi connectivity index (χ4v) is 2.75. The van der Waals surface area contributed by atoms with Gasteiger partial charge in [-0.15, -0.1) is 0 Å². The molecule has 0 N–H and O–H groups in total. The largest absolute Gasteiger partial charge is 0.497 e. The fraction of sp³-hybridized carbons (Fsp3) is 0.286. The molecule has 0 unspecified atom stereocenters. The lowest BCUT2D eigenvalue weighted by atomic mass is 10.1. The zero-order chi connectivity index (χ0) is 19.2. The van der Waals surface area contributed by atoms with Crippen molar-refractivity contribution in [2.24, 2.45) is 0 Å². The van der Waals surface area contributed by atoms with E-state index in [1.165, 1.54) is 0 Å². The van der Waals surface area contributed by atoms with E-state index in [4.69, 9.17) is 9.26 Å². The van der Waals surface area contributed by atoms with Gasteiger partial charge in [0.15, 0.2) is 0 Å². The van der Waals surface area contributed by atoms with Gasteiger partial charge in [-0.25, -0.2) is 0 Å². The molecule has 0 atom stereocenters. The van der Waals surface area contributed by atoms with E-state index in [-0.39, 0.29) is 18.4 Å². The number of aromatic nitrogens is 2. The third-order valence-corrected chi connectivity index (χ3v) is 4.26. The van der Waals surface area contributed by atoms with Crippen molar-refractivity contribution < 1.29 is 14.1 Å². The highest BCUT2D eigenvalue weighted by atomic mass is 16.5. The van der Waals surface area contributed by atoms with Gasteiger partial charge in [0.1, 0.15) is 12.2 Å². The lowest BCUT2D eigenvalue weighted by Gasteiger charge is -2.26. The number of ether oxygens (including phenoxy) is 1. The smallest absolute Gasteiger partial charge is 0.236 e. The van der Waals surface area contributed by atoms with Crippen LogP contribution in [0.5, 0.6) is 5.75 Å². The third kappa shape index (κ3) is 4.73. The molecule has 0 radical (unpaired) electrons. The van der Waals surface area contributed by atoms with Gasteiger partial charge < -0.3 is 14.2 Å². The monoisotopic (exact) mass is 365 g/mol. The van der Waals surface area contributed by atoms with Crippen molar-refractivity contribution in [1.82, 2.24) is 15.0 Å². The molecule has 0 aliphatic rings. The molecular weight excluding hydrogens is 342 g/mol. The van der Waals surface area contributed by atoms with Crippen LogP contribution in [0, 0.1) is 0 Å². The van der Waals surface area contributed by atoms with Crippen molar-refractivity contribution in [3.05, 3.63) is 66.1 Å². The Morgan fingerprint density at radius 1 is 1.11 bits per heavy atom. The molecule has 0 fully saturated rings. The molecule has 27 heavy (non-hydrogen) atoms. The first-order chi connectivity index (χ1) is 13.1. The highest BCUT2D eigenvalue weighted by molar-refractivity contribution is 5.78. The minimum atomic E-state index is -0.0428. The minimum Gasteiger partial charge on any atom is -0.497 e. The van der Waals surface area contributed by atoms with E-state index in [2.05, 4.69) is 10.1 Å². The number of benzene rings is 2. The van der Waals surface area contributed by atoms with Crippen molar-refractivity contribution in [2.45, 2.75) is 32.9 Å². The predicted octanol–water partition coefficient (Wildman–Crippen LogP) is 3.72. The van der Waals surface area contributed by atoms with Crippen LogP contribution in [0.2, 0.25) is 0 Å². The Labute approximate surface area is 158 Å². The van der Waals surface area contributed by atoms with Crippen LogP contribution in [0.1, 0.15) is 25.3 Å². The minimum absolute atomic E-state index is 0.0428. The summed E-state index contributed by atoms with van der Waals surface area (Å²) in [5.41, 5.74) is 1.90. The number of hydrogen-bond acceptors (Lipinski definition) is 5. The number of methoxy groups -OCH3 is 1. The maximum atomic E-state index is 12.8. The maximum absolute atomic E-state index is 12.8. The van der Waals surface area contributed by atoms with Gasteiger partial charge in [0, 0.05) is 18.2 Å². The van der Waals surface area contributed by atoms with Gasteiger partial charge in [0.2, 0.25) is 17.6 Å². The molecule has 3 rings (SSSR count). The van der Waals surface area contributed by atoms with Crippen molar-refractivity contribution in [1.29, 1.82) is 0 Å². The van der Waals surface area contributed by atoms with E-state index in [9.17, 15) is 4.79 Å². The second-order valence-electron chi connectivity index (χ2n) is 6.52. The van der Waals surface area contributed by atoms with E-state index < -0.39 is 0 Å². The molecule has 1 amide bonds. The zero-order valence-corrected chi connectivity index (χ0v) is 15.8. The van der Waals surface area contributed by atoms with E-state index in [0.29, 0.717) is 18.3 Å². The van der Waals surface area contributed by atoms with Gasteiger partial charge in [-0.1, -0.05) is 35.5 Å². The molecule has 0 bridgehead atoms. The van der Waals surface area contributed by atoms with Gasteiger partial charge in [0.05, 0.1) is 7.11 Å². The van der Waals surface area contributed by atoms with Crippen molar-refractivity contribution in [3.8, 4) is 17.1 Å². The number of carbonyl (C=O) groups is 1. The SMILES string of the molecule is COc1ccc(-c2noc(CC(=O)N(Cc3ccccc3)C(C)C)n2)cc1. The van der Waals surface area contributed by atoms with Crippen molar-refractivity contribution in [2.75, 3.05) is 7.11 Å². The maximum Gasteiger partial charge on any atom is 0.236 e. The van der Waals surface area contributed by atoms with E-state index in [0.717, 1.165) is 16.9 Å². The Kier molecular flexibility index (Phi) is 5.86. The van der Waals surface area contributed by atoms with Crippen LogP contribution in [-0.2, 0) is 17.8 Å². The zero-order valence-electron chi connectivity index (χ0n) is 15.8. The summed E-state index contributed by atoms with van der Waals surface area (Å²) in [6.45, 7) is 4.55. The lowest BCUT2D eigenvalue weighted by Crippen LogP contribution is -2.37. The molecule has 140 valence electrons. The van der Waals surface area contributed by atoms with Crippen molar-refractivity contribution >= 4 is 5.91 Å². The molecule has 0 saturated carbocycles. The van der Waals surface area contributed by atoms with Gasteiger partial charge in [0.25, 0.3) is 0 Å². The summed E-state index contributed by atoms with van der Waals surface area (Å²) < 4.78 is 10.4. The fourth-order valence-electron chi connectivity index (χ4n) is 2.75. The van der Waals surface area contributed by atoms with Gasteiger partial charge in [-0.2, -0.15) is 4.98 Å². The van der Waals surface area contributed by atoms with Crippen molar-refractivity contribution in [3.63, 3.8) is 0 Å². The van der Waals surface area contributed by atoms with E-state index >= 15 is 0 Å². The predicted molar refractivity (Wildman–Crippen MR) is 102 cm³/mol. The summed E-state index contributed by atoms with van der Waals surface area (Å²) in [6, 6.07) is 17.4. The molecule has 0 spiro atoms. The van der Waals surface area contributed by atoms with Crippen LogP contribution in [0.4, 0.5) is 0 Å². The first kappa shape index (κ1) is 18.6. The number of amides is 1. The molecule has 6 heteroatoms. The van der Waals surface area contributed by atoms with Crippen LogP contribution >= 0.6 is 0 Å². The van der Waals surface area contributed by atoms with Gasteiger partial charge >= 0.3 is 0 Å². The third-order valence-electron chi connectivity index (χ3n) is 4.26. The average molecular weight is 365 g/mol. The first-order valence-electron chi connectivity index (χ1n) is 8.87. The van der Waals surface area contributed by atoms with E-state index in [1.54, 1.807) is 7.11 Å². The Morgan fingerprint density at radius 2 is 1.81 bits per heavy atom. The second-order valence-corrected chi connectivity index (χ2v) is 6.52. The van der Waals surface area contributed by atoms with Crippen LogP contribution in [0.25, 0.3) is 11.4 Å². The normalized spacial score (nSPS) is 10.8. The molecule has 1 aromatic heterocycles. The summed E-state index contributed by atoms with van der Waals surface area (Å²) in [5.74, 6) is 1.48. The summed E-state index contributed by atoms with van der Waals surface area (Å²) in [4.78, 5) is 18.9. The summed E-state index contributed by atoms with van der Waals surface area (Å²) in [7, 11) is 1.61. The summed E-state index contributed by atoms with van der Waals surface area (Å²) in [6.07, 6.45) is 0.0775. The molecule has 1 heterocycles. The molecular formula is C21H23N3O3. The molecule has 6 nitrogen and oxygen atoms in total. The second kappa shape index (κ2) is 8.49. The van der Waals surface area contributed by atoms with Crippen LogP contribution in [0.15, 0.2) is 59.1 Å². The summed E-state index contributed by atoms with van der Waals surface area (Å²) >= 11 is 0. The molecule has 3 aromatic rings. The number of carbonyl (C=O) groups excluding carboxylic acids is 1. The molecule has 0 saturated heterocycles. The molecule has 0 aliphatic heterocycles.